The topological polar surface area (TPSA) is 84.8 Å². The number of rotatable bonds is 3. The molecule has 0 bridgehead atoms. The molecule has 0 spiro atoms. The van der Waals surface area contributed by atoms with Gasteiger partial charge in [-0.1, -0.05) is 6.92 Å². The second kappa shape index (κ2) is 4.67. The Bertz CT molecular complexity index is 640. The van der Waals surface area contributed by atoms with Gasteiger partial charge in [0.2, 0.25) is 0 Å². The molecule has 1 aromatic carbocycles. The maximum atomic E-state index is 10.9. The first-order chi connectivity index (χ1) is 8.67. The first-order valence-electron chi connectivity index (χ1n) is 5.38. The van der Waals surface area contributed by atoms with Gasteiger partial charge in [0.15, 0.2) is 0 Å². The third-order valence-corrected chi connectivity index (χ3v) is 2.61. The zero-order valence-corrected chi connectivity index (χ0v) is 9.70. The molecule has 0 aliphatic rings. The van der Waals surface area contributed by atoms with Crippen molar-refractivity contribution in [3.05, 3.63) is 52.1 Å². The summed E-state index contributed by atoms with van der Waals surface area (Å²) < 4.78 is 1.77. The van der Waals surface area contributed by atoms with Gasteiger partial charge in [-0.25, -0.2) is 4.98 Å². The molecule has 2 aromatic rings. The van der Waals surface area contributed by atoms with E-state index in [0.29, 0.717) is 5.69 Å². The van der Waals surface area contributed by atoms with Gasteiger partial charge in [-0.05, 0) is 12.1 Å². The maximum Gasteiger partial charge on any atom is 0.289 e. The maximum absolute atomic E-state index is 10.9. The van der Waals surface area contributed by atoms with Gasteiger partial charge in [-0.3, -0.25) is 10.1 Å². The Kier molecular flexibility index (Phi) is 3.06. The molecule has 0 atom stereocenters. The van der Waals surface area contributed by atoms with E-state index in [4.69, 9.17) is 5.26 Å². The number of nitro groups is 1. The highest BCUT2D eigenvalue weighted by atomic mass is 16.6. The van der Waals surface area contributed by atoms with Gasteiger partial charge < -0.3 is 4.57 Å². The number of imidazole rings is 1. The van der Waals surface area contributed by atoms with Crippen molar-refractivity contribution in [3.63, 3.8) is 0 Å². The summed E-state index contributed by atoms with van der Waals surface area (Å²) in [4.78, 5) is 14.5. The summed E-state index contributed by atoms with van der Waals surface area (Å²) in [7, 11) is 0. The standard InChI is InChI=1S/C12H10N4O2/c1-2-12-14-5-6-15(12)10-4-3-9(8-13)11(7-10)16(17)18/h3-7H,2H2,1H3. The summed E-state index contributed by atoms with van der Waals surface area (Å²) in [6.45, 7) is 1.96. The zero-order chi connectivity index (χ0) is 13.1. The Hall–Kier alpha value is -2.68. The Labute approximate surface area is 103 Å². The molecule has 0 aliphatic carbocycles. The van der Waals surface area contributed by atoms with Crippen LogP contribution in [0.1, 0.15) is 18.3 Å². The number of nitrogens with zero attached hydrogens (tertiary/aromatic N) is 4. The van der Waals surface area contributed by atoms with Crippen LogP contribution in [0.5, 0.6) is 0 Å². The van der Waals surface area contributed by atoms with E-state index in [2.05, 4.69) is 4.98 Å². The van der Waals surface area contributed by atoms with Gasteiger partial charge in [-0.15, -0.1) is 0 Å². The highest BCUT2D eigenvalue weighted by Crippen LogP contribution is 2.22. The van der Waals surface area contributed by atoms with Crippen molar-refractivity contribution in [2.45, 2.75) is 13.3 Å². The lowest BCUT2D eigenvalue weighted by Gasteiger charge is -2.06. The van der Waals surface area contributed by atoms with Crippen LogP contribution in [0.3, 0.4) is 0 Å². The van der Waals surface area contributed by atoms with Crippen LogP contribution >= 0.6 is 0 Å². The molecule has 0 aliphatic heterocycles. The molecule has 0 N–H and O–H groups in total. The largest absolute Gasteiger partial charge is 0.304 e. The molecule has 0 saturated heterocycles. The molecule has 0 unspecified atom stereocenters. The number of nitro benzene ring substituents is 1. The van der Waals surface area contributed by atoms with E-state index in [1.807, 2.05) is 13.0 Å². The first-order valence-corrected chi connectivity index (χ1v) is 5.38. The normalized spacial score (nSPS) is 10.0. The second-order valence-corrected chi connectivity index (χ2v) is 3.64. The molecule has 0 radical (unpaired) electrons. The van der Waals surface area contributed by atoms with Crippen molar-refractivity contribution in [2.75, 3.05) is 0 Å². The Morgan fingerprint density at radius 1 is 1.56 bits per heavy atom. The van der Waals surface area contributed by atoms with Crippen LogP contribution in [-0.2, 0) is 6.42 Å². The molecule has 2 rings (SSSR count). The van der Waals surface area contributed by atoms with Gasteiger partial charge in [0.1, 0.15) is 17.5 Å². The minimum Gasteiger partial charge on any atom is -0.304 e. The van der Waals surface area contributed by atoms with Crippen LogP contribution in [-0.4, -0.2) is 14.5 Å². The molecular weight excluding hydrogens is 232 g/mol. The summed E-state index contributed by atoms with van der Waals surface area (Å²) in [5.74, 6) is 0.814. The van der Waals surface area contributed by atoms with Crippen molar-refractivity contribution in [1.29, 1.82) is 5.26 Å². The van der Waals surface area contributed by atoms with Crippen LogP contribution in [0.2, 0.25) is 0 Å². The van der Waals surface area contributed by atoms with Crippen molar-refractivity contribution < 1.29 is 4.92 Å². The Morgan fingerprint density at radius 3 is 2.94 bits per heavy atom. The van der Waals surface area contributed by atoms with Gasteiger partial charge in [0.05, 0.1) is 10.6 Å². The number of hydrogen-bond acceptors (Lipinski definition) is 4. The SMILES string of the molecule is CCc1nccn1-c1ccc(C#N)c([N+](=O)[O-])c1. The fraction of sp³-hybridized carbons (Fsp3) is 0.167. The molecular formula is C12H10N4O2. The summed E-state index contributed by atoms with van der Waals surface area (Å²) in [5, 5.41) is 19.7. The average Bonchev–Trinajstić information content (AvgIpc) is 2.86. The van der Waals surface area contributed by atoms with E-state index in [-0.39, 0.29) is 11.3 Å². The average molecular weight is 242 g/mol. The minimum atomic E-state index is -0.551. The third kappa shape index (κ3) is 1.94. The van der Waals surface area contributed by atoms with Crippen LogP contribution in [0.15, 0.2) is 30.6 Å². The Balaban J connectivity index is 2.58. The van der Waals surface area contributed by atoms with Gasteiger partial charge in [0.25, 0.3) is 5.69 Å². The minimum absolute atomic E-state index is 0.0573. The van der Waals surface area contributed by atoms with E-state index in [1.54, 1.807) is 23.0 Å². The van der Waals surface area contributed by atoms with Crippen molar-refractivity contribution in [3.8, 4) is 11.8 Å². The molecule has 18 heavy (non-hydrogen) atoms. The fourth-order valence-corrected chi connectivity index (χ4v) is 1.75. The fourth-order valence-electron chi connectivity index (χ4n) is 1.75. The molecule has 0 amide bonds. The highest BCUT2D eigenvalue weighted by Gasteiger charge is 2.15. The van der Waals surface area contributed by atoms with Crippen LogP contribution in [0.25, 0.3) is 5.69 Å². The highest BCUT2D eigenvalue weighted by molar-refractivity contribution is 5.54. The number of nitriles is 1. The molecule has 6 heteroatoms. The number of benzene rings is 1. The predicted molar refractivity (Wildman–Crippen MR) is 64.3 cm³/mol. The van der Waals surface area contributed by atoms with E-state index in [9.17, 15) is 10.1 Å². The van der Waals surface area contributed by atoms with E-state index < -0.39 is 4.92 Å². The summed E-state index contributed by atoms with van der Waals surface area (Å²) >= 11 is 0. The molecule has 0 fully saturated rings. The molecule has 90 valence electrons. The van der Waals surface area contributed by atoms with Crippen molar-refractivity contribution >= 4 is 5.69 Å². The van der Waals surface area contributed by atoms with Crippen LogP contribution < -0.4 is 0 Å². The third-order valence-electron chi connectivity index (χ3n) is 2.61. The number of aromatic nitrogens is 2. The second-order valence-electron chi connectivity index (χ2n) is 3.64. The van der Waals surface area contributed by atoms with Gasteiger partial charge in [-0.2, -0.15) is 5.26 Å². The lowest BCUT2D eigenvalue weighted by Crippen LogP contribution is -2.01. The number of hydrogen-bond donors (Lipinski definition) is 0. The number of aryl methyl sites for hydroxylation is 1. The van der Waals surface area contributed by atoms with Gasteiger partial charge in [0, 0.05) is 24.9 Å². The van der Waals surface area contributed by atoms with E-state index in [1.165, 1.54) is 12.1 Å². The quantitative estimate of drug-likeness (QED) is 0.610. The van der Waals surface area contributed by atoms with E-state index >= 15 is 0 Å². The zero-order valence-electron chi connectivity index (χ0n) is 9.70. The smallest absolute Gasteiger partial charge is 0.289 e. The molecule has 0 saturated carbocycles. The molecule has 1 heterocycles. The van der Waals surface area contributed by atoms with Crippen LogP contribution in [0.4, 0.5) is 5.69 Å². The van der Waals surface area contributed by atoms with Gasteiger partial charge >= 0.3 is 0 Å². The summed E-state index contributed by atoms with van der Waals surface area (Å²) in [6.07, 6.45) is 4.10. The Morgan fingerprint density at radius 2 is 2.33 bits per heavy atom. The predicted octanol–water partition coefficient (Wildman–Crippen LogP) is 2.21. The molecule has 6 nitrogen and oxygen atoms in total. The lowest BCUT2D eigenvalue weighted by molar-refractivity contribution is -0.385. The molecule has 1 aromatic heterocycles. The van der Waals surface area contributed by atoms with E-state index in [0.717, 1.165) is 12.2 Å². The monoisotopic (exact) mass is 242 g/mol. The summed E-state index contributed by atoms with van der Waals surface area (Å²) in [6, 6.07) is 6.32. The van der Waals surface area contributed by atoms with Crippen LogP contribution in [0, 0.1) is 21.4 Å². The van der Waals surface area contributed by atoms with Crippen molar-refractivity contribution in [1.82, 2.24) is 9.55 Å². The first kappa shape index (κ1) is 11.8. The lowest BCUT2D eigenvalue weighted by atomic mass is 10.1. The summed E-state index contributed by atoms with van der Waals surface area (Å²) in [5.41, 5.74) is 0.503. The van der Waals surface area contributed by atoms with Crippen molar-refractivity contribution in [2.24, 2.45) is 0 Å².